The normalized spacial score (nSPS) is 29.3. The lowest BCUT2D eigenvalue weighted by molar-refractivity contribution is 0.0686. The van der Waals surface area contributed by atoms with Crippen molar-refractivity contribution in [3.63, 3.8) is 0 Å². The van der Waals surface area contributed by atoms with Gasteiger partial charge < -0.3 is 15.0 Å². The molecule has 2 fully saturated rings. The first-order chi connectivity index (χ1) is 9.17. The molecule has 3 rings (SSSR count). The minimum Gasteiger partial charge on any atom is -0.496 e. The molecule has 3 heterocycles. The smallest absolute Gasteiger partial charge is 0.264 e. The van der Waals surface area contributed by atoms with E-state index >= 15 is 0 Å². The molecule has 1 aromatic heterocycles. The highest BCUT2D eigenvalue weighted by Gasteiger charge is 2.36. The highest BCUT2D eigenvalue weighted by molar-refractivity contribution is 7.12. The largest absolute Gasteiger partial charge is 0.496 e. The lowest BCUT2D eigenvalue weighted by atomic mass is 9.98. The summed E-state index contributed by atoms with van der Waals surface area (Å²) in [5, 5.41) is 5.49. The lowest BCUT2D eigenvalue weighted by Gasteiger charge is -2.35. The van der Waals surface area contributed by atoms with Crippen molar-refractivity contribution in [2.45, 2.75) is 43.8 Å². The molecule has 1 N–H and O–H groups in total. The second-order valence-corrected chi connectivity index (χ2v) is 6.44. The van der Waals surface area contributed by atoms with E-state index in [2.05, 4.69) is 5.32 Å². The van der Waals surface area contributed by atoms with Crippen molar-refractivity contribution >= 4 is 17.2 Å². The molecule has 104 valence electrons. The van der Waals surface area contributed by atoms with Crippen molar-refractivity contribution in [3.05, 3.63) is 16.3 Å². The Bertz CT molecular complexity index is 462. The second kappa shape index (κ2) is 5.13. The molecule has 2 saturated heterocycles. The topological polar surface area (TPSA) is 41.6 Å². The van der Waals surface area contributed by atoms with Gasteiger partial charge in [0.05, 0.1) is 12.0 Å². The Balaban J connectivity index is 1.69. The average Bonchev–Trinajstić information content (AvgIpc) is 3.03. The predicted molar refractivity (Wildman–Crippen MR) is 75.9 cm³/mol. The van der Waals surface area contributed by atoms with Crippen LogP contribution >= 0.6 is 11.3 Å². The van der Waals surface area contributed by atoms with E-state index in [1.807, 2.05) is 23.4 Å². The monoisotopic (exact) mass is 280 g/mol. The van der Waals surface area contributed by atoms with E-state index in [1.165, 1.54) is 24.2 Å². The molecular formula is C14H20N2O2S. The molecule has 0 saturated carbocycles. The van der Waals surface area contributed by atoms with E-state index in [0.29, 0.717) is 18.1 Å². The zero-order valence-electron chi connectivity index (χ0n) is 11.4. The van der Waals surface area contributed by atoms with Gasteiger partial charge in [0, 0.05) is 36.6 Å². The van der Waals surface area contributed by atoms with Crippen LogP contribution in [-0.2, 0) is 0 Å². The van der Waals surface area contributed by atoms with Crippen molar-refractivity contribution in [1.29, 1.82) is 0 Å². The van der Waals surface area contributed by atoms with Crippen molar-refractivity contribution < 1.29 is 9.53 Å². The third-order valence-electron chi connectivity index (χ3n) is 4.34. The summed E-state index contributed by atoms with van der Waals surface area (Å²) in [6, 6.07) is 3.42. The Hall–Kier alpha value is -1.07. The maximum Gasteiger partial charge on any atom is 0.264 e. The van der Waals surface area contributed by atoms with Gasteiger partial charge in [-0.05, 0) is 25.7 Å². The molecule has 5 heteroatoms. The highest BCUT2D eigenvalue weighted by atomic mass is 32.1. The van der Waals surface area contributed by atoms with Crippen LogP contribution in [0, 0.1) is 0 Å². The van der Waals surface area contributed by atoms with Crippen LogP contribution in [-0.4, -0.2) is 43.1 Å². The minimum atomic E-state index is 0.125. The third kappa shape index (κ3) is 2.49. The summed E-state index contributed by atoms with van der Waals surface area (Å²) in [6.45, 7) is 0. The minimum absolute atomic E-state index is 0.125. The number of methoxy groups -OCH3 is 1. The highest BCUT2D eigenvalue weighted by Crippen LogP contribution is 2.31. The quantitative estimate of drug-likeness (QED) is 0.922. The molecule has 0 aliphatic carbocycles. The van der Waals surface area contributed by atoms with Crippen LogP contribution in [0.2, 0.25) is 0 Å². The van der Waals surface area contributed by atoms with Gasteiger partial charge >= 0.3 is 0 Å². The molecule has 0 radical (unpaired) electrons. The summed E-state index contributed by atoms with van der Waals surface area (Å²) in [4.78, 5) is 15.2. The molecule has 0 spiro atoms. The molecule has 2 aliphatic rings. The van der Waals surface area contributed by atoms with Gasteiger partial charge in [0.25, 0.3) is 5.91 Å². The number of carbonyl (C=O) groups is 1. The Morgan fingerprint density at radius 2 is 2.11 bits per heavy atom. The maximum absolute atomic E-state index is 12.5. The Morgan fingerprint density at radius 3 is 2.68 bits per heavy atom. The summed E-state index contributed by atoms with van der Waals surface area (Å²) in [5.74, 6) is 0.895. The van der Waals surface area contributed by atoms with Crippen molar-refractivity contribution in [1.82, 2.24) is 10.2 Å². The number of fused-ring (bicyclic) bond motifs is 2. The molecule has 2 unspecified atom stereocenters. The van der Waals surface area contributed by atoms with E-state index < -0.39 is 0 Å². The molecule has 19 heavy (non-hydrogen) atoms. The van der Waals surface area contributed by atoms with Gasteiger partial charge in [-0.1, -0.05) is 0 Å². The number of hydrogen-bond acceptors (Lipinski definition) is 4. The van der Waals surface area contributed by atoms with E-state index in [4.69, 9.17) is 4.74 Å². The number of amides is 1. The zero-order chi connectivity index (χ0) is 13.4. The number of carbonyl (C=O) groups excluding carboxylic acids is 1. The number of hydrogen-bond donors (Lipinski definition) is 1. The SMILES string of the molecule is COc1csc(C(=O)N(C)C2CC3CCC(C2)N3)c1. The van der Waals surface area contributed by atoms with Gasteiger partial charge in [0.15, 0.2) is 0 Å². The van der Waals surface area contributed by atoms with E-state index in [0.717, 1.165) is 23.5 Å². The Labute approximate surface area is 117 Å². The van der Waals surface area contributed by atoms with Crippen LogP contribution in [0.4, 0.5) is 0 Å². The Morgan fingerprint density at radius 1 is 1.42 bits per heavy atom. The molecule has 2 aliphatic heterocycles. The molecule has 2 bridgehead atoms. The van der Waals surface area contributed by atoms with E-state index in [-0.39, 0.29) is 5.91 Å². The molecule has 1 amide bonds. The second-order valence-electron chi connectivity index (χ2n) is 5.53. The summed E-state index contributed by atoms with van der Waals surface area (Å²) >= 11 is 1.46. The van der Waals surface area contributed by atoms with Gasteiger partial charge in [0.2, 0.25) is 0 Å². The van der Waals surface area contributed by atoms with Gasteiger partial charge in [-0.3, -0.25) is 4.79 Å². The lowest BCUT2D eigenvalue weighted by Crippen LogP contribution is -2.48. The first kappa shape index (κ1) is 12.9. The molecule has 0 aromatic carbocycles. The van der Waals surface area contributed by atoms with Crippen LogP contribution in [0.1, 0.15) is 35.4 Å². The van der Waals surface area contributed by atoms with Crippen molar-refractivity contribution in [2.24, 2.45) is 0 Å². The number of thiophene rings is 1. The van der Waals surface area contributed by atoms with Gasteiger partial charge in [-0.25, -0.2) is 0 Å². The van der Waals surface area contributed by atoms with Crippen molar-refractivity contribution in [2.75, 3.05) is 14.2 Å². The van der Waals surface area contributed by atoms with Crippen LogP contribution in [0.15, 0.2) is 11.4 Å². The number of nitrogens with one attached hydrogen (secondary N) is 1. The standard InChI is InChI=1S/C14H20N2O2S/c1-16(11-5-9-3-4-10(6-11)15-9)14(17)13-7-12(18-2)8-19-13/h7-11,15H,3-6H2,1-2H3. The number of piperidine rings is 1. The molecule has 4 nitrogen and oxygen atoms in total. The van der Waals surface area contributed by atoms with Gasteiger partial charge in [-0.2, -0.15) is 0 Å². The molecule has 2 atom stereocenters. The van der Waals surface area contributed by atoms with Crippen LogP contribution in [0.25, 0.3) is 0 Å². The number of ether oxygens (including phenoxy) is 1. The van der Waals surface area contributed by atoms with Crippen molar-refractivity contribution in [3.8, 4) is 5.75 Å². The molecular weight excluding hydrogens is 260 g/mol. The fraction of sp³-hybridized carbons (Fsp3) is 0.643. The van der Waals surface area contributed by atoms with Crippen LogP contribution in [0.5, 0.6) is 5.75 Å². The Kier molecular flexibility index (Phi) is 3.50. The van der Waals surface area contributed by atoms with E-state index in [1.54, 1.807) is 7.11 Å². The summed E-state index contributed by atoms with van der Waals surface area (Å²) < 4.78 is 5.14. The average molecular weight is 280 g/mol. The first-order valence-corrected chi connectivity index (χ1v) is 7.71. The molecule has 1 aromatic rings. The van der Waals surface area contributed by atoms with Crippen LogP contribution in [0.3, 0.4) is 0 Å². The van der Waals surface area contributed by atoms with E-state index in [9.17, 15) is 4.79 Å². The number of rotatable bonds is 3. The fourth-order valence-corrected chi connectivity index (χ4v) is 4.06. The van der Waals surface area contributed by atoms with Gasteiger partial charge in [-0.15, -0.1) is 11.3 Å². The number of nitrogens with zero attached hydrogens (tertiary/aromatic N) is 1. The predicted octanol–water partition coefficient (Wildman–Crippen LogP) is 2.11. The first-order valence-electron chi connectivity index (χ1n) is 6.83. The fourth-order valence-electron chi connectivity index (χ4n) is 3.22. The zero-order valence-corrected chi connectivity index (χ0v) is 12.2. The summed E-state index contributed by atoms with van der Waals surface area (Å²) in [7, 11) is 3.56. The maximum atomic E-state index is 12.5. The summed E-state index contributed by atoms with van der Waals surface area (Å²) in [5.41, 5.74) is 0. The third-order valence-corrected chi connectivity index (χ3v) is 5.23. The summed E-state index contributed by atoms with van der Waals surface area (Å²) in [6.07, 6.45) is 4.69. The van der Waals surface area contributed by atoms with Gasteiger partial charge in [0.1, 0.15) is 5.75 Å². The van der Waals surface area contributed by atoms with Crippen LogP contribution < -0.4 is 10.1 Å².